The number of benzene rings is 2. The molecule has 0 bridgehead atoms. The van der Waals surface area contributed by atoms with Crippen LogP contribution in [0.1, 0.15) is 48.8 Å². The van der Waals surface area contributed by atoms with Crippen LogP contribution >= 0.6 is 15.9 Å². The van der Waals surface area contributed by atoms with E-state index in [2.05, 4.69) is 46.3 Å². The van der Waals surface area contributed by atoms with Gasteiger partial charge < -0.3 is 5.11 Å². The van der Waals surface area contributed by atoms with Crippen LogP contribution in [0.3, 0.4) is 0 Å². The molecule has 0 radical (unpaired) electrons. The Bertz CT molecular complexity index is 612. The fourth-order valence-electron chi connectivity index (χ4n) is 3.16. The molecule has 1 aliphatic carbocycles. The Hall–Kier alpha value is -1.12. The van der Waals surface area contributed by atoms with Crippen molar-refractivity contribution in [1.29, 1.82) is 0 Å². The van der Waals surface area contributed by atoms with Crippen molar-refractivity contribution in [3.8, 4) is 0 Å². The molecule has 1 fully saturated rings. The maximum absolute atomic E-state index is 11.0. The second kappa shape index (κ2) is 5.94. The Morgan fingerprint density at radius 2 is 1.76 bits per heavy atom. The van der Waals surface area contributed by atoms with Gasteiger partial charge in [-0.2, -0.15) is 0 Å². The molecule has 1 saturated carbocycles. The van der Waals surface area contributed by atoms with Crippen molar-refractivity contribution in [2.45, 2.75) is 44.1 Å². The van der Waals surface area contributed by atoms with Crippen LogP contribution in [0.5, 0.6) is 0 Å². The lowest BCUT2D eigenvalue weighted by Gasteiger charge is -2.33. The molecule has 0 amide bonds. The van der Waals surface area contributed by atoms with Crippen LogP contribution in [0.2, 0.25) is 0 Å². The Kier molecular flexibility index (Phi) is 4.19. The Morgan fingerprint density at radius 1 is 1.10 bits per heavy atom. The third-order valence-corrected chi connectivity index (χ3v) is 5.08. The third-order valence-electron chi connectivity index (χ3n) is 4.55. The molecule has 1 atom stereocenters. The van der Waals surface area contributed by atoms with Crippen molar-refractivity contribution in [1.82, 2.24) is 0 Å². The van der Waals surface area contributed by atoms with Gasteiger partial charge in [-0.1, -0.05) is 58.7 Å². The first-order valence-electron chi connectivity index (χ1n) is 7.62. The summed E-state index contributed by atoms with van der Waals surface area (Å²) in [6.07, 6.45) is 4.47. The van der Waals surface area contributed by atoms with Gasteiger partial charge in [0.05, 0.1) is 5.60 Å². The summed E-state index contributed by atoms with van der Waals surface area (Å²) in [6, 6.07) is 16.6. The molecule has 2 aromatic rings. The summed E-state index contributed by atoms with van der Waals surface area (Å²) in [4.78, 5) is 0. The summed E-state index contributed by atoms with van der Waals surface area (Å²) in [5.41, 5.74) is 2.77. The van der Waals surface area contributed by atoms with Crippen LogP contribution in [-0.2, 0) is 12.0 Å². The van der Waals surface area contributed by atoms with Crippen LogP contribution < -0.4 is 0 Å². The highest BCUT2D eigenvalue weighted by atomic mass is 79.9. The van der Waals surface area contributed by atoms with Crippen LogP contribution in [0, 0.1) is 0 Å². The molecule has 0 heterocycles. The van der Waals surface area contributed by atoms with Crippen molar-refractivity contribution in [2.24, 2.45) is 0 Å². The molecule has 0 aromatic heterocycles. The lowest BCUT2D eigenvalue weighted by Crippen LogP contribution is -2.27. The largest absolute Gasteiger partial charge is 0.385 e. The standard InChI is InChI=1S/C19H21BrO/c1-19(21,13-14-9-11-16(20)12-10-14)18-8-3-2-7-17(18)15-5-4-6-15/h2-3,7-12,15,21H,4-6,13H2,1H3. The van der Waals surface area contributed by atoms with Gasteiger partial charge in [0.1, 0.15) is 0 Å². The molecule has 1 aliphatic rings. The normalized spacial score (nSPS) is 18.0. The van der Waals surface area contributed by atoms with E-state index in [1.807, 2.05) is 25.1 Å². The molecule has 2 heteroatoms. The van der Waals surface area contributed by atoms with Gasteiger partial charge in [-0.25, -0.2) is 0 Å². The van der Waals surface area contributed by atoms with E-state index in [0.29, 0.717) is 12.3 Å². The second-order valence-electron chi connectivity index (χ2n) is 6.29. The summed E-state index contributed by atoms with van der Waals surface area (Å²) in [6.45, 7) is 1.94. The Morgan fingerprint density at radius 3 is 2.38 bits per heavy atom. The van der Waals surface area contributed by atoms with Crippen LogP contribution in [0.15, 0.2) is 53.0 Å². The SMILES string of the molecule is CC(O)(Cc1ccc(Br)cc1)c1ccccc1C1CCC1. The molecule has 1 N–H and O–H groups in total. The molecule has 110 valence electrons. The zero-order chi connectivity index (χ0) is 14.9. The van der Waals surface area contributed by atoms with Crippen LogP contribution in [0.25, 0.3) is 0 Å². The van der Waals surface area contributed by atoms with Crippen LogP contribution in [-0.4, -0.2) is 5.11 Å². The van der Waals surface area contributed by atoms with E-state index in [1.165, 1.54) is 24.8 Å². The number of hydrogen-bond donors (Lipinski definition) is 1. The van der Waals surface area contributed by atoms with Gasteiger partial charge in [0.2, 0.25) is 0 Å². The maximum atomic E-state index is 11.0. The minimum atomic E-state index is -0.819. The van der Waals surface area contributed by atoms with Gasteiger partial charge in [-0.15, -0.1) is 0 Å². The summed E-state index contributed by atoms with van der Waals surface area (Å²) in [5.74, 6) is 0.637. The minimum absolute atomic E-state index is 0.637. The number of rotatable bonds is 4. The average Bonchev–Trinajstić information content (AvgIpc) is 2.40. The fourth-order valence-corrected chi connectivity index (χ4v) is 3.42. The predicted molar refractivity (Wildman–Crippen MR) is 90.5 cm³/mol. The lowest BCUT2D eigenvalue weighted by molar-refractivity contribution is 0.0558. The van der Waals surface area contributed by atoms with Gasteiger partial charge >= 0.3 is 0 Å². The van der Waals surface area contributed by atoms with E-state index in [4.69, 9.17) is 0 Å². The molecular weight excluding hydrogens is 324 g/mol. The Labute approximate surface area is 135 Å². The van der Waals surface area contributed by atoms with E-state index in [1.54, 1.807) is 0 Å². The molecule has 21 heavy (non-hydrogen) atoms. The molecule has 0 spiro atoms. The predicted octanol–water partition coefficient (Wildman–Crippen LogP) is 5.17. The smallest absolute Gasteiger partial charge is 0.0911 e. The highest BCUT2D eigenvalue weighted by Crippen LogP contribution is 2.41. The van der Waals surface area contributed by atoms with Gasteiger partial charge in [0, 0.05) is 10.9 Å². The van der Waals surface area contributed by atoms with Crippen molar-refractivity contribution in [3.05, 3.63) is 69.7 Å². The number of hydrogen-bond acceptors (Lipinski definition) is 1. The highest BCUT2D eigenvalue weighted by molar-refractivity contribution is 9.10. The molecule has 1 unspecified atom stereocenters. The zero-order valence-electron chi connectivity index (χ0n) is 12.3. The second-order valence-corrected chi connectivity index (χ2v) is 7.21. The Balaban J connectivity index is 1.88. The maximum Gasteiger partial charge on any atom is 0.0911 e. The van der Waals surface area contributed by atoms with Crippen molar-refractivity contribution >= 4 is 15.9 Å². The molecule has 0 saturated heterocycles. The quantitative estimate of drug-likeness (QED) is 0.811. The molecule has 2 aromatic carbocycles. The van der Waals surface area contributed by atoms with Gasteiger partial charge in [0.15, 0.2) is 0 Å². The molecule has 3 rings (SSSR count). The van der Waals surface area contributed by atoms with Crippen molar-refractivity contribution in [3.63, 3.8) is 0 Å². The van der Waals surface area contributed by atoms with Gasteiger partial charge in [-0.3, -0.25) is 0 Å². The van der Waals surface area contributed by atoms with Crippen molar-refractivity contribution in [2.75, 3.05) is 0 Å². The van der Waals surface area contributed by atoms with Crippen LogP contribution in [0.4, 0.5) is 0 Å². The first-order chi connectivity index (χ1) is 10.1. The topological polar surface area (TPSA) is 20.2 Å². The highest BCUT2D eigenvalue weighted by Gasteiger charge is 2.30. The zero-order valence-corrected chi connectivity index (χ0v) is 13.9. The van der Waals surface area contributed by atoms with E-state index < -0.39 is 5.60 Å². The third kappa shape index (κ3) is 3.22. The summed E-state index contributed by atoms with van der Waals surface area (Å²) in [5, 5.41) is 11.0. The minimum Gasteiger partial charge on any atom is -0.385 e. The summed E-state index contributed by atoms with van der Waals surface area (Å²) >= 11 is 3.46. The average molecular weight is 345 g/mol. The van der Waals surface area contributed by atoms with Crippen molar-refractivity contribution < 1.29 is 5.11 Å². The number of aliphatic hydroxyl groups is 1. The monoisotopic (exact) mass is 344 g/mol. The fraction of sp³-hybridized carbons (Fsp3) is 0.368. The lowest BCUT2D eigenvalue weighted by atomic mass is 9.74. The molecular formula is C19H21BrO. The summed E-state index contributed by atoms with van der Waals surface area (Å²) in [7, 11) is 0. The van der Waals surface area contributed by atoms with Gasteiger partial charge in [-0.05, 0) is 54.5 Å². The van der Waals surface area contributed by atoms with E-state index in [9.17, 15) is 5.11 Å². The van der Waals surface area contributed by atoms with E-state index >= 15 is 0 Å². The van der Waals surface area contributed by atoms with E-state index in [0.717, 1.165) is 15.6 Å². The first-order valence-corrected chi connectivity index (χ1v) is 8.42. The molecule has 1 nitrogen and oxygen atoms in total. The molecule has 0 aliphatic heterocycles. The van der Waals surface area contributed by atoms with E-state index in [-0.39, 0.29) is 0 Å². The van der Waals surface area contributed by atoms with Gasteiger partial charge in [0.25, 0.3) is 0 Å². The first kappa shape index (κ1) is 14.8. The summed E-state index contributed by atoms with van der Waals surface area (Å²) < 4.78 is 1.07. The number of halogens is 1.